The Bertz CT molecular complexity index is 428. The SMILES string of the molecule is c1cn2cc(CNCC3CCSC3)nc2s1. The molecule has 0 radical (unpaired) electrons. The summed E-state index contributed by atoms with van der Waals surface area (Å²) in [5.41, 5.74) is 1.15. The van der Waals surface area contributed by atoms with E-state index < -0.39 is 0 Å². The van der Waals surface area contributed by atoms with Crippen LogP contribution in [0.15, 0.2) is 17.8 Å². The molecule has 0 saturated carbocycles. The molecule has 1 N–H and O–H groups in total. The van der Waals surface area contributed by atoms with Gasteiger partial charge < -0.3 is 5.32 Å². The Balaban J connectivity index is 1.52. The molecule has 0 amide bonds. The van der Waals surface area contributed by atoms with Crippen molar-refractivity contribution in [1.82, 2.24) is 14.7 Å². The first-order valence-electron chi connectivity index (χ1n) is 5.61. The van der Waals surface area contributed by atoms with Crippen LogP contribution in [-0.4, -0.2) is 27.4 Å². The van der Waals surface area contributed by atoms with Crippen LogP contribution in [-0.2, 0) is 6.54 Å². The van der Waals surface area contributed by atoms with Gasteiger partial charge in [0.15, 0.2) is 4.96 Å². The lowest BCUT2D eigenvalue weighted by molar-refractivity contribution is 0.521. The van der Waals surface area contributed by atoms with Crippen molar-refractivity contribution in [1.29, 1.82) is 0 Å². The maximum absolute atomic E-state index is 4.55. The van der Waals surface area contributed by atoms with Gasteiger partial charge in [-0.15, -0.1) is 11.3 Å². The predicted octanol–water partition coefficient (Wildman–Crippen LogP) is 2.24. The lowest BCUT2D eigenvalue weighted by Gasteiger charge is -2.08. The Morgan fingerprint density at radius 2 is 2.56 bits per heavy atom. The molecule has 1 aliphatic heterocycles. The zero-order valence-corrected chi connectivity index (χ0v) is 10.7. The first kappa shape index (κ1) is 10.6. The van der Waals surface area contributed by atoms with Gasteiger partial charge in [0.2, 0.25) is 0 Å². The number of nitrogens with zero attached hydrogens (tertiary/aromatic N) is 2. The van der Waals surface area contributed by atoms with E-state index in [0.29, 0.717) is 0 Å². The van der Waals surface area contributed by atoms with Crippen LogP contribution in [0.1, 0.15) is 12.1 Å². The van der Waals surface area contributed by atoms with Crippen molar-refractivity contribution in [3.63, 3.8) is 0 Å². The number of aromatic nitrogens is 2. The molecule has 0 bridgehead atoms. The van der Waals surface area contributed by atoms with E-state index in [1.54, 1.807) is 11.3 Å². The minimum Gasteiger partial charge on any atom is -0.311 e. The molecule has 1 atom stereocenters. The third kappa shape index (κ3) is 2.26. The van der Waals surface area contributed by atoms with Gasteiger partial charge in [-0.1, -0.05) is 0 Å². The largest absolute Gasteiger partial charge is 0.311 e. The molecule has 3 nitrogen and oxygen atoms in total. The molecule has 0 spiro atoms. The lowest BCUT2D eigenvalue weighted by Crippen LogP contribution is -2.22. The number of hydrogen-bond donors (Lipinski definition) is 1. The summed E-state index contributed by atoms with van der Waals surface area (Å²) < 4.78 is 2.09. The molecular weight excluding hydrogens is 238 g/mol. The van der Waals surface area contributed by atoms with Crippen LogP contribution < -0.4 is 5.32 Å². The lowest BCUT2D eigenvalue weighted by atomic mass is 10.1. The minimum atomic E-state index is 0.869. The molecule has 0 aliphatic carbocycles. The Labute approximate surface area is 103 Å². The normalized spacial score (nSPS) is 20.9. The number of imidazole rings is 1. The fourth-order valence-electron chi connectivity index (χ4n) is 2.01. The Hall–Kier alpha value is -0.520. The highest BCUT2D eigenvalue weighted by Crippen LogP contribution is 2.22. The summed E-state index contributed by atoms with van der Waals surface area (Å²) in [6.07, 6.45) is 5.54. The highest BCUT2D eigenvalue weighted by atomic mass is 32.2. The summed E-state index contributed by atoms with van der Waals surface area (Å²) in [7, 11) is 0. The number of fused-ring (bicyclic) bond motifs is 1. The van der Waals surface area contributed by atoms with Crippen LogP contribution in [0, 0.1) is 5.92 Å². The minimum absolute atomic E-state index is 0.869. The molecule has 1 unspecified atom stereocenters. The first-order valence-corrected chi connectivity index (χ1v) is 7.65. The zero-order valence-electron chi connectivity index (χ0n) is 9.06. The third-order valence-corrected chi connectivity index (χ3v) is 4.91. The third-order valence-electron chi connectivity index (χ3n) is 2.91. The Morgan fingerprint density at radius 1 is 1.56 bits per heavy atom. The quantitative estimate of drug-likeness (QED) is 0.906. The van der Waals surface area contributed by atoms with Crippen LogP contribution in [0.25, 0.3) is 4.96 Å². The van der Waals surface area contributed by atoms with E-state index in [1.165, 1.54) is 17.9 Å². The molecule has 5 heteroatoms. The highest BCUT2D eigenvalue weighted by molar-refractivity contribution is 7.99. The second-order valence-electron chi connectivity index (χ2n) is 4.19. The second-order valence-corrected chi connectivity index (χ2v) is 6.21. The zero-order chi connectivity index (χ0) is 10.8. The van der Waals surface area contributed by atoms with Crippen molar-refractivity contribution in [3.8, 4) is 0 Å². The fraction of sp³-hybridized carbons (Fsp3) is 0.545. The van der Waals surface area contributed by atoms with E-state index >= 15 is 0 Å². The van der Waals surface area contributed by atoms with E-state index in [9.17, 15) is 0 Å². The predicted molar refractivity (Wildman–Crippen MR) is 70.2 cm³/mol. The summed E-state index contributed by atoms with van der Waals surface area (Å²) in [4.78, 5) is 5.64. The van der Waals surface area contributed by atoms with Gasteiger partial charge in [-0.05, 0) is 30.4 Å². The van der Waals surface area contributed by atoms with Crippen molar-refractivity contribution < 1.29 is 0 Å². The molecule has 1 fully saturated rings. The summed E-state index contributed by atoms with van der Waals surface area (Å²) in [6.45, 7) is 2.04. The van der Waals surface area contributed by atoms with Gasteiger partial charge in [-0.3, -0.25) is 4.40 Å². The average molecular weight is 253 g/mol. The van der Waals surface area contributed by atoms with Gasteiger partial charge in [-0.25, -0.2) is 4.98 Å². The average Bonchev–Trinajstić information content (AvgIpc) is 2.91. The smallest absolute Gasteiger partial charge is 0.193 e. The molecular formula is C11H15N3S2. The summed E-state index contributed by atoms with van der Waals surface area (Å²) in [5, 5.41) is 5.57. The van der Waals surface area contributed by atoms with E-state index in [2.05, 4.69) is 44.2 Å². The van der Waals surface area contributed by atoms with Crippen LogP contribution in [0.3, 0.4) is 0 Å². The molecule has 0 aromatic carbocycles. The van der Waals surface area contributed by atoms with E-state index in [-0.39, 0.29) is 0 Å². The number of hydrogen-bond acceptors (Lipinski definition) is 4. The van der Waals surface area contributed by atoms with Crippen LogP contribution in [0.5, 0.6) is 0 Å². The highest BCUT2D eigenvalue weighted by Gasteiger charge is 2.14. The standard InChI is InChI=1S/C11H15N3S2/c1-3-15-8-9(1)5-12-6-10-7-14-2-4-16-11(14)13-10/h2,4,7,9,12H,1,3,5-6,8H2. The Morgan fingerprint density at radius 3 is 3.38 bits per heavy atom. The molecule has 1 aliphatic rings. The maximum atomic E-state index is 4.55. The van der Waals surface area contributed by atoms with Gasteiger partial charge in [0, 0.05) is 24.3 Å². The molecule has 3 rings (SSSR count). The Kier molecular flexibility index (Phi) is 3.17. The summed E-state index contributed by atoms with van der Waals surface area (Å²) >= 11 is 3.76. The topological polar surface area (TPSA) is 29.3 Å². The van der Waals surface area contributed by atoms with Gasteiger partial charge in [0.1, 0.15) is 0 Å². The van der Waals surface area contributed by atoms with Crippen molar-refractivity contribution in [3.05, 3.63) is 23.5 Å². The number of nitrogens with one attached hydrogen (secondary N) is 1. The molecule has 2 aromatic heterocycles. The second kappa shape index (κ2) is 4.77. The number of thioether (sulfide) groups is 1. The van der Waals surface area contributed by atoms with Crippen LogP contribution in [0.4, 0.5) is 0 Å². The summed E-state index contributed by atoms with van der Waals surface area (Å²) in [6, 6.07) is 0. The fourth-order valence-corrected chi connectivity index (χ4v) is 4.01. The molecule has 1 saturated heterocycles. The first-order chi connectivity index (χ1) is 7.92. The van der Waals surface area contributed by atoms with E-state index in [0.717, 1.165) is 29.7 Å². The van der Waals surface area contributed by atoms with Crippen LogP contribution in [0.2, 0.25) is 0 Å². The molecule has 2 aromatic rings. The number of rotatable bonds is 4. The van der Waals surface area contributed by atoms with Gasteiger partial charge >= 0.3 is 0 Å². The maximum Gasteiger partial charge on any atom is 0.193 e. The van der Waals surface area contributed by atoms with Gasteiger partial charge in [0.05, 0.1) is 5.69 Å². The van der Waals surface area contributed by atoms with Gasteiger partial charge in [0.25, 0.3) is 0 Å². The van der Waals surface area contributed by atoms with Crippen molar-refractivity contribution in [2.45, 2.75) is 13.0 Å². The van der Waals surface area contributed by atoms with Crippen molar-refractivity contribution >= 4 is 28.1 Å². The monoisotopic (exact) mass is 253 g/mol. The van der Waals surface area contributed by atoms with Crippen molar-refractivity contribution in [2.24, 2.45) is 5.92 Å². The van der Waals surface area contributed by atoms with Crippen molar-refractivity contribution in [2.75, 3.05) is 18.1 Å². The van der Waals surface area contributed by atoms with E-state index in [4.69, 9.17) is 0 Å². The summed E-state index contributed by atoms with van der Waals surface area (Å²) in [5.74, 6) is 3.53. The van der Waals surface area contributed by atoms with E-state index in [1.807, 2.05) is 0 Å². The van der Waals surface area contributed by atoms with Gasteiger partial charge in [-0.2, -0.15) is 11.8 Å². The molecule has 86 valence electrons. The number of thiazole rings is 1. The molecule has 3 heterocycles. The van der Waals surface area contributed by atoms with Crippen LogP contribution >= 0.6 is 23.1 Å². The molecule has 16 heavy (non-hydrogen) atoms.